The van der Waals surface area contributed by atoms with Gasteiger partial charge in [-0.1, -0.05) is 48.5 Å². The highest BCUT2D eigenvalue weighted by Gasteiger charge is 2.29. The summed E-state index contributed by atoms with van der Waals surface area (Å²) in [6, 6.07) is 20.6. The molecule has 0 spiro atoms. The van der Waals surface area contributed by atoms with E-state index in [9.17, 15) is 14.5 Å². The van der Waals surface area contributed by atoms with Crippen LogP contribution >= 0.6 is 0 Å². The predicted octanol–water partition coefficient (Wildman–Crippen LogP) is 5.00. The lowest BCUT2D eigenvalue weighted by molar-refractivity contribution is -0.383. The van der Waals surface area contributed by atoms with Gasteiger partial charge in [0, 0.05) is 6.20 Å². The summed E-state index contributed by atoms with van der Waals surface area (Å²) in [5.41, 5.74) is 0.597. The predicted molar refractivity (Wildman–Crippen MR) is 115 cm³/mol. The lowest BCUT2D eigenvalue weighted by Gasteiger charge is -2.23. The molecule has 0 aliphatic rings. The van der Waals surface area contributed by atoms with Crippen LogP contribution in [0.2, 0.25) is 0 Å². The standard InChI is InChI=1S/C22H17FN6O2/c23-17-10-4-5-11-18(17)27-21-20(29(30)31)22(26-15-25-21)28(19-12-6-7-13-24-19)14-16-8-2-1-3-9-16/h1-13,15H,14H2,(H,25,26,27). The number of rotatable bonds is 7. The van der Waals surface area contributed by atoms with Crippen LogP contribution in [0.25, 0.3) is 0 Å². The van der Waals surface area contributed by atoms with Crippen molar-refractivity contribution in [1.29, 1.82) is 0 Å². The van der Waals surface area contributed by atoms with E-state index in [1.807, 2.05) is 30.3 Å². The van der Waals surface area contributed by atoms with E-state index in [0.717, 1.165) is 5.56 Å². The second-order valence-electron chi connectivity index (χ2n) is 6.52. The molecule has 0 aliphatic carbocycles. The zero-order valence-corrected chi connectivity index (χ0v) is 16.2. The molecule has 2 aromatic carbocycles. The molecule has 4 rings (SSSR count). The van der Waals surface area contributed by atoms with Crippen molar-refractivity contribution in [2.45, 2.75) is 6.54 Å². The van der Waals surface area contributed by atoms with Crippen LogP contribution in [0.15, 0.2) is 85.3 Å². The van der Waals surface area contributed by atoms with Crippen molar-refractivity contribution in [2.75, 3.05) is 10.2 Å². The third-order valence-electron chi connectivity index (χ3n) is 4.48. The summed E-state index contributed by atoms with van der Waals surface area (Å²) < 4.78 is 14.1. The fraction of sp³-hybridized carbons (Fsp3) is 0.0455. The molecule has 154 valence electrons. The Kier molecular flexibility index (Phi) is 5.75. The number of halogens is 1. The Balaban J connectivity index is 1.83. The van der Waals surface area contributed by atoms with Crippen LogP contribution < -0.4 is 10.2 Å². The monoisotopic (exact) mass is 416 g/mol. The number of pyridine rings is 1. The minimum atomic E-state index is -0.584. The Hall–Kier alpha value is -4.40. The molecule has 2 aromatic heterocycles. The molecule has 0 saturated heterocycles. The molecule has 2 heterocycles. The van der Waals surface area contributed by atoms with Gasteiger partial charge < -0.3 is 10.2 Å². The quantitative estimate of drug-likeness (QED) is 0.334. The van der Waals surface area contributed by atoms with Gasteiger partial charge in [0.05, 0.1) is 17.2 Å². The van der Waals surface area contributed by atoms with Crippen molar-refractivity contribution in [3.63, 3.8) is 0 Å². The Morgan fingerprint density at radius 2 is 1.68 bits per heavy atom. The third kappa shape index (κ3) is 4.45. The number of aromatic nitrogens is 3. The smallest absolute Gasteiger partial charge is 0.332 e. The largest absolute Gasteiger partial charge is 0.354 e. The van der Waals surface area contributed by atoms with Crippen molar-refractivity contribution in [3.05, 3.63) is 107 Å². The van der Waals surface area contributed by atoms with Crippen LogP contribution in [0.5, 0.6) is 0 Å². The van der Waals surface area contributed by atoms with E-state index in [1.54, 1.807) is 35.4 Å². The van der Waals surface area contributed by atoms with Crippen LogP contribution in [0.3, 0.4) is 0 Å². The van der Waals surface area contributed by atoms with Crippen LogP contribution in [0, 0.1) is 15.9 Å². The Morgan fingerprint density at radius 1 is 0.935 bits per heavy atom. The molecular weight excluding hydrogens is 399 g/mol. The number of benzene rings is 2. The summed E-state index contributed by atoms with van der Waals surface area (Å²) in [6.45, 7) is 0.287. The van der Waals surface area contributed by atoms with Gasteiger partial charge in [0.2, 0.25) is 11.6 Å². The molecule has 0 aliphatic heterocycles. The molecule has 0 unspecified atom stereocenters. The molecule has 0 amide bonds. The molecule has 31 heavy (non-hydrogen) atoms. The van der Waals surface area contributed by atoms with Crippen molar-refractivity contribution in [2.24, 2.45) is 0 Å². The van der Waals surface area contributed by atoms with E-state index in [4.69, 9.17) is 0 Å². The van der Waals surface area contributed by atoms with Gasteiger partial charge in [-0.25, -0.2) is 19.3 Å². The topological polar surface area (TPSA) is 97.1 Å². The van der Waals surface area contributed by atoms with Gasteiger partial charge in [0.1, 0.15) is 18.0 Å². The number of hydrogen-bond donors (Lipinski definition) is 1. The first-order valence-electron chi connectivity index (χ1n) is 9.37. The maximum atomic E-state index is 14.1. The maximum absolute atomic E-state index is 14.1. The van der Waals surface area contributed by atoms with E-state index >= 15 is 0 Å². The highest BCUT2D eigenvalue weighted by atomic mass is 19.1. The summed E-state index contributed by atoms with van der Waals surface area (Å²) >= 11 is 0. The van der Waals surface area contributed by atoms with Gasteiger partial charge in [-0.05, 0) is 29.8 Å². The first-order valence-corrected chi connectivity index (χ1v) is 9.37. The van der Waals surface area contributed by atoms with Crippen molar-refractivity contribution in [1.82, 2.24) is 15.0 Å². The van der Waals surface area contributed by atoms with Gasteiger partial charge in [-0.2, -0.15) is 0 Å². The van der Waals surface area contributed by atoms with Crippen LogP contribution in [-0.2, 0) is 6.54 Å². The minimum absolute atomic E-state index is 0.0430. The average molecular weight is 416 g/mol. The Labute approximate surface area is 177 Å². The van der Waals surface area contributed by atoms with Crippen LogP contribution in [-0.4, -0.2) is 19.9 Å². The molecule has 0 bridgehead atoms. The fourth-order valence-corrected chi connectivity index (χ4v) is 3.06. The summed E-state index contributed by atoms with van der Waals surface area (Å²) in [5, 5.41) is 14.8. The lowest BCUT2D eigenvalue weighted by Crippen LogP contribution is -2.21. The molecular formula is C22H17FN6O2. The van der Waals surface area contributed by atoms with E-state index in [2.05, 4.69) is 20.3 Å². The Morgan fingerprint density at radius 3 is 2.39 bits per heavy atom. The summed E-state index contributed by atoms with van der Waals surface area (Å²) in [4.78, 5) is 25.6. The highest BCUT2D eigenvalue weighted by molar-refractivity contribution is 5.77. The molecule has 0 atom stereocenters. The van der Waals surface area contributed by atoms with E-state index in [-0.39, 0.29) is 29.6 Å². The summed E-state index contributed by atoms with van der Waals surface area (Å²) in [5.74, 6) is -0.150. The number of hydrogen-bond acceptors (Lipinski definition) is 7. The molecule has 9 heteroatoms. The van der Waals surface area contributed by atoms with Crippen molar-refractivity contribution >= 4 is 28.8 Å². The molecule has 8 nitrogen and oxygen atoms in total. The summed E-state index contributed by atoms with van der Waals surface area (Å²) in [7, 11) is 0. The number of para-hydroxylation sites is 1. The zero-order valence-electron chi connectivity index (χ0n) is 16.2. The van der Waals surface area contributed by atoms with Crippen LogP contribution in [0.1, 0.15) is 5.56 Å². The van der Waals surface area contributed by atoms with Gasteiger partial charge in [-0.3, -0.25) is 10.1 Å². The third-order valence-corrected chi connectivity index (χ3v) is 4.48. The lowest BCUT2D eigenvalue weighted by atomic mass is 10.2. The fourth-order valence-electron chi connectivity index (χ4n) is 3.06. The highest BCUT2D eigenvalue weighted by Crippen LogP contribution is 2.37. The van der Waals surface area contributed by atoms with E-state index in [1.165, 1.54) is 24.5 Å². The number of nitrogens with one attached hydrogen (secondary N) is 1. The summed E-state index contributed by atoms with van der Waals surface area (Å²) in [6.07, 6.45) is 2.80. The van der Waals surface area contributed by atoms with E-state index < -0.39 is 10.7 Å². The molecule has 4 aromatic rings. The minimum Gasteiger partial charge on any atom is -0.332 e. The van der Waals surface area contributed by atoms with Gasteiger partial charge in [0.25, 0.3) is 0 Å². The van der Waals surface area contributed by atoms with E-state index in [0.29, 0.717) is 5.82 Å². The number of anilines is 4. The van der Waals surface area contributed by atoms with Crippen molar-refractivity contribution < 1.29 is 9.31 Å². The van der Waals surface area contributed by atoms with Crippen LogP contribution in [0.4, 0.5) is 33.2 Å². The zero-order chi connectivity index (χ0) is 21.6. The number of nitro groups is 1. The average Bonchev–Trinajstić information content (AvgIpc) is 2.80. The first kappa shape index (κ1) is 19.9. The maximum Gasteiger partial charge on any atom is 0.354 e. The SMILES string of the molecule is O=[N+]([O-])c1c(Nc2ccccc2F)ncnc1N(Cc1ccccc1)c1ccccn1. The van der Waals surface area contributed by atoms with Gasteiger partial charge >= 0.3 is 5.69 Å². The first-order chi connectivity index (χ1) is 15.1. The second kappa shape index (κ2) is 8.95. The van der Waals surface area contributed by atoms with Gasteiger partial charge in [0.15, 0.2) is 0 Å². The molecule has 0 fully saturated rings. The van der Waals surface area contributed by atoms with Crippen molar-refractivity contribution in [3.8, 4) is 0 Å². The second-order valence-corrected chi connectivity index (χ2v) is 6.52. The van der Waals surface area contributed by atoms with Gasteiger partial charge in [-0.15, -0.1) is 0 Å². The normalized spacial score (nSPS) is 10.5. The molecule has 1 N–H and O–H groups in total. The number of nitrogens with zero attached hydrogens (tertiary/aromatic N) is 5. The molecule has 0 radical (unpaired) electrons. The Bertz CT molecular complexity index is 1190. The molecule has 0 saturated carbocycles.